The summed E-state index contributed by atoms with van der Waals surface area (Å²) in [6, 6.07) is 0. The van der Waals surface area contributed by atoms with Gasteiger partial charge in [0.1, 0.15) is 0 Å². The molecule has 0 saturated carbocycles. The van der Waals surface area contributed by atoms with E-state index in [9.17, 15) is 13.2 Å². The number of alkyl halides is 3. The number of nitrogens with one attached hydrogen (secondary N) is 2. The van der Waals surface area contributed by atoms with Crippen LogP contribution in [0.25, 0.3) is 0 Å². The van der Waals surface area contributed by atoms with E-state index >= 15 is 0 Å². The van der Waals surface area contributed by atoms with E-state index < -0.39 is 11.7 Å². The van der Waals surface area contributed by atoms with Crippen molar-refractivity contribution in [3.63, 3.8) is 0 Å². The lowest BCUT2D eigenvalue weighted by Crippen LogP contribution is -2.27. The SMILES string of the molecule is C=C(O)NCCCNC(=C\CC(=C)C(=C)N)/C(=C\N)C(F)(F)F. The number of hydrogen-bond donors (Lipinski definition) is 5. The summed E-state index contributed by atoms with van der Waals surface area (Å²) in [4.78, 5) is 0. The number of hydrogen-bond acceptors (Lipinski definition) is 5. The van der Waals surface area contributed by atoms with E-state index in [0.717, 1.165) is 0 Å². The Morgan fingerprint density at radius 3 is 2.13 bits per heavy atom. The molecule has 0 heterocycles. The minimum atomic E-state index is -4.59. The Labute approximate surface area is 133 Å². The number of aliphatic hydroxyl groups is 1. The minimum Gasteiger partial charge on any atom is -0.495 e. The van der Waals surface area contributed by atoms with Crippen molar-refractivity contribution in [2.75, 3.05) is 13.1 Å². The van der Waals surface area contributed by atoms with Crippen molar-refractivity contribution in [1.29, 1.82) is 0 Å². The molecule has 130 valence electrons. The van der Waals surface area contributed by atoms with E-state index in [1.807, 2.05) is 0 Å². The van der Waals surface area contributed by atoms with Gasteiger partial charge in [-0.3, -0.25) is 0 Å². The lowest BCUT2D eigenvalue weighted by atomic mass is 10.1. The monoisotopic (exact) mass is 332 g/mol. The van der Waals surface area contributed by atoms with Crippen molar-refractivity contribution in [3.8, 4) is 0 Å². The molecule has 0 aliphatic heterocycles. The Morgan fingerprint density at radius 1 is 1.13 bits per heavy atom. The summed E-state index contributed by atoms with van der Waals surface area (Å²) in [7, 11) is 0. The smallest absolute Gasteiger partial charge is 0.419 e. The van der Waals surface area contributed by atoms with Gasteiger partial charge in [0.25, 0.3) is 0 Å². The van der Waals surface area contributed by atoms with E-state index in [0.29, 0.717) is 24.7 Å². The second kappa shape index (κ2) is 9.50. The molecule has 0 bridgehead atoms. The van der Waals surface area contributed by atoms with Crippen molar-refractivity contribution < 1.29 is 18.3 Å². The predicted octanol–water partition coefficient (Wildman–Crippen LogP) is 2.29. The van der Waals surface area contributed by atoms with Crippen molar-refractivity contribution >= 4 is 0 Å². The van der Waals surface area contributed by atoms with Gasteiger partial charge in [0.15, 0.2) is 5.88 Å². The molecule has 0 aliphatic rings. The van der Waals surface area contributed by atoms with Crippen molar-refractivity contribution in [1.82, 2.24) is 10.6 Å². The molecule has 0 saturated heterocycles. The van der Waals surface area contributed by atoms with E-state index in [4.69, 9.17) is 16.6 Å². The molecular weight excluding hydrogens is 309 g/mol. The third-order valence-corrected chi connectivity index (χ3v) is 2.77. The molecule has 0 aromatic rings. The second-order valence-corrected chi connectivity index (χ2v) is 4.68. The highest BCUT2D eigenvalue weighted by Crippen LogP contribution is 2.30. The Morgan fingerprint density at radius 2 is 1.70 bits per heavy atom. The maximum absolute atomic E-state index is 13.0. The molecule has 0 atom stereocenters. The van der Waals surface area contributed by atoms with Gasteiger partial charge in [0.05, 0.1) is 5.57 Å². The van der Waals surface area contributed by atoms with Crippen LogP contribution in [0, 0.1) is 0 Å². The van der Waals surface area contributed by atoms with Crippen LogP contribution in [0.1, 0.15) is 12.8 Å². The molecule has 23 heavy (non-hydrogen) atoms. The van der Waals surface area contributed by atoms with Crippen LogP contribution >= 0.6 is 0 Å². The molecule has 5 nitrogen and oxygen atoms in total. The zero-order valence-corrected chi connectivity index (χ0v) is 12.8. The highest BCUT2D eigenvalue weighted by Gasteiger charge is 2.35. The van der Waals surface area contributed by atoms with Crippen LogP contribution in [0.4, 0.5) is 13.2 Å². The maximum atomic E-state index is 13.0. The van der Waals surface area contributed by atoms with Gasteiger partial charge in [-0.1, -0.05) is 19.2 Å². The molecule has 0 fully saturated rings. The Bertz CT molecular complexity index is 507. The third-order valence-electron chi connectivity index (χ3n) is 2.77. The van der Waals surface area contributed by atoms with Crippen LogP contribution < -0.4 is 22.1 Å². The van der Waals surface area contributed by atoms with E-state index in [1.165, 1.54) is 6.08 Å². The van der Waals surface area contributed by atoms with Crippen LogP contribution in [-0.4, -0.2) is 24.4 Å². The van der Waals surface area contributed by atoms with Gasteiger partial charge in [0.2, 0.25) is 0 Å². The average Bonchev–Trinajstić information content (AvgIpc) is 2.41. The van der Waals surface area contributed by atoms with Crippen LogP contribution in [0.3, 0.4) is 0 Å². The Balaban J connectivity index is 4.94. The van der Waals surface area contributed by atoms with Gasteiger partial charge in [-0.2, -0.15) is 13.2 Å². The largest absolute Gasteiger partial charge is 0.495 e. The first kappa shape index (κ1) is 20.5. The maximum Gasteiger partial charge on any atom is 0.419 e. The highest BCUT2D eigenvalue weighted by molar-refractivity contribution is 5.35. The number of rotatable bonds is 10. The van der Waals surface area contributed by atoms with Crippen LogP contribution in [0.5, 0.6) is 0 Å². The minimum absolute atomic E-state index is 0.108. The number of allylic oxidation sites excluding steroid dienone is 3. The van der Waals surface area contributed by atoms with Gasteiger partial charge in [0, 0.05) is 30.7 Å². The molecule has 0 radical (unpaired) electrons. The quantitative estimate of drug-likeness (QED) is 0.240. The van der Waals surface area contributed by atoms with Crippen LogP contribution in [-0.2, 0) is 0 Å². The van der Waals surface area contributed by atoms with Gasteiger partial charge >= 0.3 is 6.18 Å². The highest BCUT2D eigenvalue weighted by atomic mass is 19.4. The molecule has 0 amide bonds. The summed E-state index contributed by atoms with van der Waals surface area (Å²) < 4.78 is 39.0. The summed E-state index contributed by atoms with van der Waals surface area (Å²) in [5, 5.41) is 14.1. The normalized spacial score (nSPS) is 12.7. The fourth-order valence-electron chi connectivity index (χ4n) is 1.51. The van der Waals surface area contributed by atoms with Crippen LogP contribution in [0.15, 0.2) is 60.4 Å². The predicted molar refractivity (Wildman–Crippen MR) is 85.9 cm³/mol. The van der Waals surface area contributed by atoms with E-state index in [1.54, 1.807) is 0 Å². The third kappa shape index (κ3) is 8.50. The number of nitrogens with two attached hydrogens (primary N) is 2. The molecule has 0 unspecified atom stereocenters. The van der Waals surface area contributed by atoms with Crippen LogP contribution in [0.2, 0.25) is 0 Å². The second-order valence-electron chi connectivity index (χ2n) is 4.68. The summed E-state index contributed by atoms with van der Waals surface area (Å²) >= 11 is 0. The van der Waals surface area contributed by atoms with Crippen molar-refractivity contribution in [2.24, 2.45) is 11.5 Å². The first-order valence-corrected chi connectivity index (χ1v) is 6.77. The fourth-order valence-corrected chi connectivity index (χ4v) is 1.51. The summed E-state index contributed by atoms with van der Waals surface area (Å²) in [6.45, 7) is 10.9. The molecular formula is C15H23F3N4O. The van der Waals surface area contributed by atoms with E-state index in [-0.39, 0.29) is 30.2 Å². The standard InChI is InChI=1S/C15H23F3N4O/c1-10(11(2)20)5-6-14(13(9-19)15(16,17)18)22-8-4-7-21-12(3)23/h6,9,21-23H,1-5,7-8,19-20H2/b13-9+,14-6-. The zero-order valence-electron chi connectivity index (χ0n) is 12.8. The average molecular weight is 332 g/mol. The first-order chi connectivity index (χ1) is 10.6. The van der Waals surface area contributed by atoms with Crippen molar-refractivity contribution in [3.05, 3.63) is 60.4 Å². The number of halogens is 3. The topological polar surface area (TPSA) is 96.3 Å². The first-order valence-electron chi connectivity index (χ1n) is 6.77. The van der Waals surface area contributed by atoms with Gasteiger partial charge < -0.3 is 27.2 Å². The lowest BCUT2D eigenvalue weighted by molar-refractivity contribution is -0.0900. The molecule has 7 N–H and O–H groups in total. The number of aliphatic hydroxyl groups excluding tert-OH is 1. The Kier molecular flexibility index (Phi) is 8.46. The fraction of sp³-hybridized carbons (Fsp3) is 0.333. The zero-order chi connectivity index (χ0) is 18.0. The van der Waals surface area contributed by atoms with E-state index in [2.05, 4.69) is 30.4 Å². The van der Waals surface area contributed by atoms with Gasteiger partial charge in [-0.05, 0) is 25.0 Å². The molecule has 8 heteroatoms. The van der Waals surface area contributed by atoms with Gasteiger partial charge in [-0.15, -0.1) is 0 Å². The molecule has 0 rings (SSSR count). The summed E-state index contributed by atoms with van der Waals surface area (Å²) in [5.41, 5.74) is 10.0. The van der Waals surface area contributed by atoms with Crippen molar-refractivity contribution in [2.45, 2.75) is 19.0 Å². The van der Waals surface area contributed by atoms with Gasteiger partial charge in [-0.25, -0.2) is 0 Å². The molecule has 0 aliphatic carbocycles. The molecule has 0 aromatic carbocycles. The Hall–Kier alpha value is -2.51. The lowest BCUT2D eigenvalue weighted by Gasteiger charge is -2.17. The summed E-state index contributed by atoms with van der Waals surface area (Å²) in [6.07, 6.45) is -2.21. The summed E-state index contributed by atoms with van der Waals surface area (Å²) in [5.74, 6) is -0.198. The molecule has 0 spiro atoms. The molecule has 0 aromatic heterocycles.